The lowest BCUT2D eigenvalue weighted by Crippen LogP contribution is -2.06. The number of carbonyl (C=O) groups is 1. The Kier molecular flexibility index (Phi) is 5.55. The first kappa shape index (κ1) is 17.7. The minimum absolute atomic E-state index is 0.194. The van der Waals surface area contributed by atoms with E-state index in [2.05, 4.69) is 34.2 Å². The molecule has 25 heavy (non-hydrogen) atoms. The van der Waals surface area contributed by atoms with Crippen LogP contribution in [0, 0.1) is 3.57 Å². The van der Waals surface area contributed by atoms with Crippen molar-refractivity contribution < 1.29 is 14.3 Å². The number of hydrogen-bond acceptors (Lipinski definition) is 4. The fourth-order valence-electron chi connectivity index (χ4n) is 2.21. The van der Waals surface area contributed by atoms with Gasteiger partial charge < -0.3 is 9.47 Å². The van der Waals surface area contributed by atoms with Crippen molar-refractivity contribution in [2.75, 3.05) is 6.61 Å². The van der Waals surface area contributed by atoms with Gasteiger partial charge in [-0.1, -0.05) is 42.5 Å². The molecule has 0 saturated heterocycles. The van der Waals surface area contributed by atoms with Crippen molar-refractivity contribution >= 4 is 52.1 Å². The van der Waals surface area contributed by atoms with Gasteiger partial charge in [-0.25, -0.2) is 9.79 Å². The molecule has 1 aliphatic rings. The summed E-state index contributed by atoms with van der Waals surface area (Å²) in [5, 5.41) is 0.475. The van der Waals surface area contributed by atoms with Gasteiger partial charge in [0.05, 0.1) is 10.6 Å². The highest BCUT2D eigenvalue weighted by atomic mass is 127. The van der Waals surface area contributed by atoms with Crippen LogP contribution in [0.2, 0.25) is 5.02 Å². The third-order valence-electron chi connectivity index (χ3n) is 3.35. The summed E-state index contributed by atoms with van der Waals surface area (Å²) in [5.74, 6) is 0.311. The van der Waals surface area contributed by atoms with Crippen LogP contribution in [0.3, 0.4) is 0 Å². The molecular weight excluding hydrogens is 453 g/mol. The van der Waals surface area contributed by atoms with Gasteiger partial charge in [-0.05, 0) is 52.9 Å². The molecule has 126 valence electrons. The largest absolute Gasteiger partial charge is 0.489 e. The number of aliphatic imine (C=N–C) groups is 1. The molecule has 4 nitrogen and oxygen atoms in total. The SMILES string of the molecule is C=CCOc1ccccc1C=C1N=C(c2cc(I)ccc2Cl)OC1=O. The molecule has 0 spiro atoms. The summed E-state index contributed by atoms with van der Waals surface area (Å²) < 4.78 is 11.8. The number of rotatable bonds is 5. The summed E-state index contributed by atoms with van der Waals surface area (Å²) in [6.45, 7) is 4.00. The molecule has 0 fully saturated rings. The van der Waals surface area contributed by atoms with E-state index in [0.717, 1.165) is 9.13 Å². The number of carbonyl (C=O) groups excluding carboxylic acids is 1. The summed E-state index contributed by atoms with van der Waals surface area (Å²) in [5.41, 5.74) is 1.51. The van der Waals surface area contributed by atoms with Crippen LogP contribution in [0.5, 0.6) is 5.75 Å². The summed E-state index contributed by atoms with van der Waals surface area (Å²) in [6.07, 6.45) is 3.29. The van der Waals surface area contributed by atoms with E-state index in [9.17, 15) is 4.79 Å². The van der Waals surface area contributed by atoms with Gasteiger partial charge in [-0.3, -0.25) is 0 Å². The molecule has 0 aromatic heterocycles. The number of cyclic esters (lactones) is 1. The van der Waals surface area contributed by atoms with Crippen LogP contribution < -0.4 is 4.74 Å². The molecule has 0 amide bonds. The van der Waals surface area contributed by atoms with Gasteiger partial charge >= 0.3 is 5.97 Å². The number of hydrogen-bond donors (Lipinski definition) is 0. The molecule has 0 radical (unpaired) electrons. The second-order valence-corrected chi connectivity index (χ2v) is 6.75. The smallest absolute Gasteiger partial charge is 0.363 e. The lowest BCUT2D eigenvalue weighted by molar-refractivity contribution is -0.129. The molecule has 6 heteroatoms. The van der Waals surface area contributed by atoms with Gasteiger partial charge in [0.1, 0.15) is 12.4 Å². The van der Waals surface area contributed by atoms with Crippen LogP contribution in [0.15, 0.2) is 65.8 Å². The number of nitrogens with zero attached hydrogens (tertiary/aromatic N) is 1. The lowest BCUT2D eigenvalue weighted by Gasteiger charge is -2.06. The first-order valence-electron chi connectivity index (χ1n) is 7.39. The van der Waals surface area contributed by atoms with E-state index in [0.29, 0.717) is 22.9 Å². The lowest BCUT2D eigenvalue weighted by atomic mass is 10.1. The molecule has 0 bridgehead atoms. The predicted octanol–water partition coefficient (Wildman–Crippen LogP) is 4.85. The van der Waals surface area contributed by atoms with E-state index in [4.69, 9.17) is 21.1 Å². The monoisotopic (exact) mass is 465 g/mol. The van der Waals surface area contributed by atoms with Crippen molar-refractivity contribution in [1.29, 1.82) is 0 Å². The Bertz CT molecular complexity index is 905. The standard InChI is InChI=1S/C19H13ClINO3/c1-2-9-24-17-6-4-3-5-12(17)10-16-19(23)25-18(22-16)14-11-13(21)7-8-15(14)20/h2-8,10-11H,1,9H2. The van der Waals surface area contributed by atoms with Crippen molar-refractivity contribution in [1.82, 2.24) is 0 Å². The normalized spacial score (nSPS) is 15.0. The number of halogens is 2. The maximum Gasteiger partial charge on any atom is 0.363 e. The number of ether oxygens (including phenoxy) is 2. The second kappa shape index (κ2) is 7.84. The fraction of sp³-hybridized carbons (Fsp3) is 0.0526. The zero-order valence-electron chi connectivity index (χ0n) is 13.0. The first-order valence-corrected chi connectivity index (χ1v) is 8.85. The second-order valence-electron chi connectivity index (χ2n) is 5.10. The van der Waals surface area contributed by atoms with Gasteiger partial charge in [-0.15, -0.1) is 0 Å². The zero-order chi connectivity index (χ0) is 17.8. The summed E-state index contributed by atoms with van der Waals surface area (Å²) in [6, 6.07) is 12.8. The van der Waals surface area contributed by atoms with Crippen LogP contribution >= 0.6 is 34.2 Å². The quantitative estimate of drug-likeness (QED) is 0.274. The van der Waals surface area contributed by atoms with E-state index >= 15 is 0 Å². The van der Waals surface area contributed by atoms with Crippen LogP contribution in [0.1, 0.15) is 11.1 Å². The summed E-state index contributed by atoms with van der Waals surface area (Å²) in [7, 11) is 0. The highest BCUT2D eigenvalue weighted by Gasteiger charge is 2.26. The molecular formula is C19H13ClINO3. The Labute approximate surface area is 164 Å². The van der Waals surface area contributed by atoms with Crippen LogP contribution in [-0.2, 0) is 9.53 Å². The predicted molar refractivity (Wildman–Crippen MR) is 107 cm³/mol. The summed E-state index contributed by atoms with van der Waals surface area (Å²) >= 11 is 8.35. The molecule has 0 atom stereocenters. The maximum atomic E-state index is 12.2. The van der Waals surface area contributed by atoms with Gasteiger partial charge in [-0.2, -0.15) is 0 Å². The average molecular weight is 466 g/mol. The van der Waals surface area contributed by atoms with Crippen molar-refractivity contribution in [3.05, 3.63) is 80.5 Å². The number of benzene rings is 2. The minimum atomic E-state index is -0.525. The van der Waals surface area contributed by atoms with E-state index in [1.807, 2.05) is 36.4 Å². The van der Waals surface area contributed by atoms with Crippen molar-refractivity contribution in [3.8, 4) is 5.75 Å². The topological polar surface area (TPSA) is 47.9 Å². The Morgan fingerprint density at radius 3 is 2.88 bits per heavy atom. The Morgan fingerprint density at radius 1 is 1.28 bits per heavy atom. The zero-order valence-corrected chi connectivity index (χ0v) is 16.0. The van der Waals surface area contributed by atoms with Gasteiger partial charge in [0, 0.05) is 9.13 Å². The number of para-hydroxylation sites is 1. The fourth-order valence-corrected chi connectivity index (χ4v) is 2.90. The Morgan fingerprint density at radius 2 is 2.08 bits per heavy atom. The van der Waals surface area contributed by atoms with E-state index in [1.54, 1.807) is 18.2 Å². The molecule has 0 N–H and O–H groups in total. The molecule has 1 heterocycles. The summed E-state index contributed by atoms with van der Waals surface area (Å²) in [4.78, 5) is 16.5. The number of esters is 1. The molecule has 0 aliphatic carbocycles. The molecule has 2 aromatic rings. The maximum absolute atomic E-state index is 12.2. The molecule has 0 saturated carbocycles. The Balaban J connectivity index is 1.97. The third kappa shape index (κ3) is 4.11. The van der Waals surface area contributed by atoms with E-state index < -0.39 is 5.97 Å². The highest BCUT2D eigenvalue weighted by Crippen LogP contribution is 2.27. The molecule has 0 unspecified atom stereocenters. The van der Waals surface area contributed by atoms with E-state index in [-0.39, 0.29) is 11.6 Å². The van der Waals surface area contributed by atoms with Crippen molar-refractivity contribution in [2.24, 2.45) is 4.99 Å². The van der Waals surface area contributed by atoms with Gasteiger partial charge in [0.2, 0.25) is 5.90 Å². The van der Waals surface area contributed by atoms with Crippen LogP contribution in [-0.4, -0.2) is 18.5 Å². The molecule has 2 aromatic carbocycles. The van der Waals surface area contributed by atoms with Crippen molar-refractivity contribution in [3.63, 3.8) is 0 Å². The molecule has 1 aliphatic heterocycles. The van der Waals surface area contributed by atoms with Gasteiger partial charge in [0.25, 0.3) is 0 Å². The van der Waals surface area contributed by atoms with Crippen LogP contribution in [0.25, 0.3) is 6.08 Å². The van der Waals surface area contributed by atoms with Crippen molar-refractivity contribution in [2.45, 2.75) is 0 Å². The van der Waals surface area contributed by atoms with E-state index in [1.165, 1.54) is 0 Å². The highest BCUT2D eigenvalue weighted by molar-refractivity contribution is 14.1. The average Bonchev–Trinajstić information content (AvgIpc) is 2.97. The third-order valence-corrected chi connectivity index (χ3v) is 4.35. The van der Waals surface area contributed by atoms with Gasteiger partial charge in [0.15, 0.2) is 5.70 Å². The minimum Gasteiger partial charge on any atom is -0.489 e. The first-order chi connectivity index (χ1) is 12.1. The van der Waals surface area contributed by atoms with Crippen LogP contribution in [0.4, 0.5) is 0 Å². The molecule has 3 rings (SSSR count). The Hall–Kier alpha value is -2.12.